The first-order valence-electron chi connectivity index (χ1n) is 1.38. The van der Waals surface area contributed by atoms with Crippen LogP contribution >= 0.6 is 34.8 Å². The molecule has 0 amide bonds. The zero-order valence-corrected chi connectivity index (χ0v) is 7.38. The number of nitrogens with zero attached hydrogens (tertiary/aromatic N) is 1. The van der Waals surface area contributed by atoms with Crippen LogP contribution < -0.4 is 0 Å². The number of halogens is 3. The molecule has 0 saturated carbocycles. The molecule has 0 atom stereocenters. The molecule has 6 heteroatoms. The molecule has 0 radical (unpaired) electrons. The molecule has 0 unspecified atom stereocenters. The van der Waals surface area contributed by atoms with Crippen LogP contribution in [0.3, 0.4) is 0 Å². The Morgan fingerprint density at radius 1 is 1.50 bits per heavy atom. The monoisotopic (exact) mass is 239 g/mol. The van der Waals surface area contributed by atoms with E-state index in [-0.39, 0.29) is 0 Å². The summed E-state index contributed by atoms with van der Waals surface area (Å²) in [5.74, 6) is 0. The number of hydrogen-bond acceptors (Lipinski definition) is 2. The Morgan fingerprint density at radius 2 is 2.00 bits per heavy atom. The van der Waals surface area contributed by atoms with Crippen LogP contribution in [0.15, 0.2) is 4.01 Å². The van der Waals surface area contributed by atoms with Gasteiger partial charge in [0, 0.05) is 0 Å². The number of isocyanates is 1. The average molecular weight is 239 g/mol. The van der Waals surface area contributed by atoms with E-state index in [9.17, 15) is 4.79 Å². The van der Waals surface area contributed by atoms with E-state index in [0.29, 0.717) is 0 Å². The first-order chi connectivity index (χ1) is 3.56. The molecule has 2 nitrogen and oxygen atoms in total. The summed E-state index contributed by atoms with van der Waals surface area (Å²) in [6, 6.07) is 0. The molecule has 0 bridgehead atoms. The van der Waals surface area contributed by atoms with Crippen molar-refractivity contribution in [2.24, 2.45) is 4.01 Å². The summed E-state index contributed by atoms with van der Waals surface area (Å²) in [7, 11) is 0. The molecule has 8 heavy (non-hydrogen) atoms. The van der Waals surface area contributed by atoms with Crippen molar-refractivity contribution in [2.45, 2.75) is 2.69 Å². The Labute approximate surface area is 67.6 Å². The van der Waals surface area contributed by atoms with E-state index in [2.05, 4.69) is 4.01 Å². The second-order valence-electron chi connectivity index (χ2n) is 0.720. The van der Waals surface area contributed by atoms with E-state index in [4.69, 9.17) is 34.8 Å². The number of hydrogen-bond donors (Lipinski definition) is 0. The van der Waals surface area contributed by atoms with Gasteiger partial charge in [0.05, 0.1) is 0 Å². The van der Waals surface area contributed by atoms with Crippen molar-refractivity contribution in [2.75, 3.05) is 0 Å². The van der Waals surface area contributed by atoms with Gasteiger partial charge in [-0.25, -0.2) is 0 Å². The predicted octanol–water partition coefficient (Wildman–Crippen LogP) is 1.27. The Bertz CT molecular complexity index is 115. The Balaban J connectivity index is 3.55. The van der Waals surface area contributed by atoms with Crippen molar-refractivity contribution in [1.82, 2.24) is 0 Å². The minimum atomic E-state index is -1.40. The molecule has 0 spiro atoms. The van der Waals surface area contributed by atoms with Crippen molar-refractivity contribution in [3.63, 3.8) is 0 Å². The van der Waals surface area contributed by atoms with E-state index >= 15 is 0 Å². The van der Waals surface area contributed by atoms with Crippen LogP contribution in [0.1, 0.15) is 0 Å². The molecule has 0 fully saturated rings. The molecular weight excluding hydrogens is 239 g/mol. The standard InChI is InChI=1S/C2Cl3NOSe/c3-2(4,5)8-6-1-7. The van der Waals surface area contributed by atoms with Crippen LogP contribution in [0.4, 0.5) is 0 Å². The predicted molar refractivity (Wildman–Crippen MR) is 34.2 cm³/mol. The van der Waals surface area contributed by atoms with Crippen LogP contribution in [0.5, 0.6) is 0 Å². The molecule has 0 N–H and O–H groups in total. The second-order valence-corrected chi connectivity index (χ2v) is 6.58. The maximum atomic E-state index is 9.40. The molecule has 0 aliphatic rings. The Hall–Kier alpha value is 0.769. The van der Waals surface area contributed by atoms with Gasteiger partial charge in [-0.2, -0.15) is 0 Å². The molecule has 0 aliphatic carbocycles. The second kappa shape index (κ2) is 3.73. The number of rotatable bonds is 1. The van der Waals surface area contributed by atoms with Gasteiger partial charge in [-0.05, 0) is 0 Å². The third kappa shape index (κ3) is 6.77. The third-order valence-electron chi connectivity index (χ3n) is 0.186. The van der Waals surface area contributed by atoms with Gasteiger partial charge in [-0.15, -0.1) is 0 Å². The molecule has 0 rings (SSSR count). The van der Waals surface area contributed by atoms with Gasteiger partial charge in [-0.3, -0.25) is 0 Å². The minimum absolute atomic E-state index is 0.639. The van der Waals surface area contributed by atoms with Crippen molar-refractivity contribution >= 4 is 56.1 Å². The van der Waals surface area contributed by atoms with Crippen LogP contribution in [0.2, 0.25) is 0 Å². The third-order valence-corrected chi connectivity index (χ3v) is 2.04. The summed E-state index contributed by atoms with van der Waals surface area (Å²) in [5, 5.41) is 0. The SMILES string of the molecule is O=C=N[Se]C(Cl)(Cl)Cl. The van der Waals surface area contributed by atoms with E-state index in [1.165, 1.54) is 6.08 Å². The fourth-order valence-electron chi connectivity index (χ4n) is 0.0704. The molecule has 0 heterocycles. The van der Waals surface area contributed by atoms with Crippen LogP contribution in [-0.4, -0.2) is 23.9 Å². The fraction of sp³-hybridized carbons (Fsp3) is 0.500. The quantitative estimate of drug-likeness (QED) is 0.293. The maximum absolute atomic E-state index is 9.40. The van der Waals surface area contributed by atoms with Crippen molar-refractivity contribution in [3.8, 4) is 0 Å². The van der Waals surface area contributed by atoms with E-state index < -0.39 is 17.9 Å². The van der Waals surface area contributed by atoms with Crippen molar-refractivity contribution in [1.29, 1.82) is 0 Å². The normalized spacial score (nSPS) is 10.4. The van der Waals surface area contributed by atoms with Gasteiger partial charge in [-0.1, -0.05) is 0 Å². The first-order valence-corrected chi connectivity index (χ1v) is 4.14. The van der Waals surface area contributed by atoms with Gasteiger partial charge in [0.1, 0.15) is 0 Å². The molecule has 0 aromatic carbocycles. The van der Waals surface area contributed by atoms with Crippen LogP contribution in [0, 0.1) is 0 Å². The van der Waals surface area contributed by atoms with Crippen molar-refractivity contribution in [3.05, 3.63) is 0 Å². The van der Waals surface area contributed by atoms with E-state index in [1.54, 1.807) is 0 Å². The summed E-state index contributed by atoms with van der Waals surface area (Å²) in [6.45, 7) is 0. The van der Waals surface area contributed by atoms with Gasteiger partial charge in [0.15, 0.2) is 0 Å². The number of alkyl halides is 3. The molecule has 0 aliphatic heterocycles. The summed E-state index contributed by atoms with van der Waals surface area (Å²) in [4.78, 5) is 9.40. The Morgan fingerprint density at radius 3 is 2.12 bits per heavy atom. The summed E-state index contributed by atoms with van der Waals surface area (Å²) < 4.78 is 1.71. The van der Waals surface area contributed by atoms with Gasteiger partial charge in [0.25, 0.3) is 0 Å². The summed E-state index contributed by atoms with van der Waals surface area (Å²) in [5.41, 5.74) is 0. The molecule has 0 aromatic heterocycles. The topological polar surface area (TPSA) is 29.4 Å². The van der Waals surface area contributed by atoms with Crippen LogP contribution in [0.25, 0.3) is 0 Å². The van der Waals surface area contributed by atoms with Crippen LogP contribution in [-0.2, 0) is 4.79 Å². The first kappa shape index (κ1) is 8.77. The zero-order valence-electron chi connectivity index (χ0n) is 3.40. The molecule has 0 aromatic rings. The summed E-state index contributed by atoms with van der Waals surface area (Å²) >= 11 is 15.0. The number of carbonyl (C=O) groups excluding carboxylic acids is 1. The van der Waals surface area contributed by atoms with Crippen molar-refractivity contribution < 1.29 is 4.79 Å². The van der Waals surface area contributed by atoms with E-state index in [1.807, 2.05) is 0 Å². The van der Waals surface area contributed by atoms with Gasteiger partial charge in [0.2, 0.25) is 0 Å². The summed E-state index contributed by atoms with van der Waals surface area (Å²) in [6.07, 6.45) is 1.27. The zero-order chi connectivity index (χ0) is 6.62. The molecule has 0 saturated heterocycles. The average Bonchev–Trinajstić information content (AvgIpc) is 1.59. The molecule has 46 valence electrons. The Kier molecular flexibility index (Phi) is 4.09. The van der Waals surface area contributed by atoms with E-state index in [0.717, 1.165) is 0 Å². The van der Waals surface area contributed by atoms with Gasteiger partial charge >= 0.3 is 67.6 Å². The molecular formula is C2Cl3NOSe. The van der Waals surface area contributed by atoms with Gasteiger partial charge < -0.3 is 0 Å². The fourth-order valence-corrected chi connectivity index (χ4v) is 0.904.